The van der Waals surface area contributed by atoms with Crippen molar-refractivity contribution in [1.29, 1.82) is 0 Å². The van der Waals surface area contributed by atoms with Gasteiger partial charge >= 0.3 is 0 Å². The molecule has 4 aromatic carbocycles. The number of benzene rings is 4. The molecular formula is C26H20N2O3. The second kappa shape index (κ2) is 7.69. The van der Waals surface area contributed by atoms with E-state index in [2.05, 4.69) is 5.32 Å². The van der Waals surface area contributed by atoms with Crippen LogP contribution in [0, 0.1) is 0 Å². The van der Waals surface area contributed by atoms with Gasteiger partial charge in [0.2, 0.25) is 5.91 Å². The van der Waals surface area contributed by atoms with E-state index in [0.717, 1.165) is 21.8 Å². The van der Waals surface area contributed by atoms with E-state index in [0.29, 0.717) is 22.9 Å². The molecule has 1 N–H and O–H groups in total. The molecule has 5 heteroatoms. The van der Waals surface area contributed by atoms with Crippen LogP contribution in [0.25, 0.3) is 21.5 Å². The van der Waals surface area contributed by atoms with Gasteiger partial charge in [-0.1, -0.05) is 60.7 Å². The van der Waals surface area contributed by atoms with Crippen LogP contribution in [0.15, 0.2) is 78.9 Å². The van der Waals surface area contributed by atoms with Crippen molar-refractivity contribution in [3.63, 3.8) is 0 Å². The number of hydrogen-bond acceptors (Lipinski definition) is 3. The van der Waals surface area contributed by atoms with Crippen LogP contribution in [0.3, 0.4) is 0 Å². The number of carbonyl (C=O) groups excluding carboxylic acids is 3. The molecule has 0 fully saturated rings. The highest BCUT2D eigenvalue weighted by molar-refractivity contribution is 6.25. The van der Waals surface area contributed by atoms with Crippen molar-refractivity contribution in [2.75, 3.05) is 11.9 Å². The van der Waals surface area contributed by atoms with Gasteiger partial charge in [-0.3, -0.25) is 19.3 Å². The molecule has 0 unspecified atom stereocenters. The lowest BCUT2D eigenvalue weighted by molar-refractivity contribution is -0.116. The van der Waals surface area contributed by atoms with Crippen molar-refractivity contribution in [2.24, 2.45) is 0 Å². The summed E-state index contributed by atoms with van der Waals surface area (Å²) < 4.78 is 0. The Morgan fingerprint density at radius 2 is 1.35 bits per heavy atom. The third-order valence-electron chi connectivity index (χ3n) is 5.71. The van der Waals surface area contributed by atoms with E-state index in [4.69, 9.17) is 0 Å². The predicted octanol–water partition coefficient (Wildman–Crippen LogP) is 5.01. The Hall–Kier alpha value is -3.99. The van der Waals surface area contributed by atoms with Gasteiger partial charge in [-0.2, -0.15) is 0 Å². The summed E-state index contributed by atoms with van der Waals surface area (Å²) in [6.07, 6.45) is 0.609. The first kappa shape index (κ1) is 19.0. The minimum atomic E-state index is -0.302. The van der Waals surface area contributed by atoms with Crippen LogP contribution in [0.4, 0.5) is 5.69 Å². The van der Waals surface area contributed by atoms with Crippen LogP contribution >= 0.6 is 0 Å². The first-order valence-corrected chi connectivity index (χ1v) is 10.3. The smallest absolute Gasteiger partial charge is 0.261 e. The highest BCUT2D eigenvalue weighted by Crippen LogP contribution is 2.30. The average Bonchev–Trinajstić information content (AvgIpc) is 2.80. The summed E-state index contributed by atoms with van der Waals surface area (Å²) in [6.45, 7) is 0.200. The van der Waals surface area contributed by atoms with Crippen molar-refractivity contribution in [3.8, 4) is 0 Å². The zero-order chi connectivity index (χ0) is 21.4. The van der Waals surface area contributed by atoms with Crippen LogP contribution in [-0.2, 0) is 4.79 Å². The molecule has 31 heavy (non-hydrogen) atoms. The standard InChI is InChI=1S/C26H20N2O3/c29-23(27-22-14-5-8-17-7-1-2-11-19(17)22)15-6-16-28-25(30)20-12-3-9-18-10-4-13-21(24(18)20)26(28)31/h1-5,7-14H,6,15-16H2,(H,27,29). The average molecular weight is 408 g/mol. The quantitative estimate of drug-likeness (QED) is 0.472. The summed E-state index contributed by atoms with van der Waals surface area (Å²) in [7, 11) is 0. The molecule has 0 aromatic heterocycles. The monoisotopic (exact) mass is 408 g/mol. The molecule has 5 nitrogen and oxygen atoms in total. The molecule has 0 radical (unpaired) electrons. The summed E-state index contributed by atoms with van der Waals surface area (Å²) in [5, 5.41) is 6.57. The lowest BCUT2D eigenvalue weighted by atomic mass is 9.94. The van der Waals surface area contributed by atoms with Crippen molar-refractivity contribution in [1.82, 2.24) is 4.90 Å². The van der Waals surface area contributed by atoms with Crippen molar-refractivity contribution >= 4 is 45.0 Å². The lowest BCUT2D eigenvalue weighted by Crippen LogP contribution is -2.41. The maximum absolute atomic E-state index is 12.9. The van der Waals surface area contributed by atoms with Gasteiger partial charge in [0.15, 0.2) is 0 Å². The van der Waals surface area contributed by atoms with E-state index in [1.807, 2.05) is 66.7 Å². The number of fused-ring (bicyclic) bond motifs is 1. The summed E-state index contributed by atoms with van der Waals surface area (Å²) in [5.41, 5.74) is 1.83. The van der Waals surface area contributed by atoms with Gasteiger partial charge in [0.05, 0.1) is 0 Å². The van der Waals surface area contributed by atoms with E-state index in [9.17, 15) is 14.4 Å². The molecule has 4 aromatic rings. The Bertz CT molecular complexity index is 1300. The van der Waals surface area contributed by atoms with E-state index in [1.165, 1.54) is 4.90 Å². The third-order valence-corrected chi connectivity index (χ3v) is 5.71. The highest BCUT2D eigenvalue weighted by atomic mass is 16.2. The molecular weight excluding hydrogens is 388 g/mol. The Balaban J connectivity index is 1.28. The first-order valence-electron chi connectivity index (χ1n) is 10.3. The predicted molar refractivity (Wildman–Crippen MR) is 121 cm³/mol. The summed E-state index contributed by atoms with van der Waals surface area (Å²) in [6, 6.07) is 24.6. The number of imide groups is 1. The number of nitrogens with one attached hydrogen (secondary N) is 1. The molecule has 1 heterocycles. The summed E-state index contributed by atoms with van der Waals surface area (Å²) in [4.78, 5) is 39.6. The molecule has 0 spiro atoms. The van der Waals surface area contributed by atoms with E-state index in [1.54, 1.807) is 12.1 Å². The molecule has 0 bridgehead atoms. The molecule has 3 amide bonds. The summed E-state index contributed by atoms with van der Waals surface area (Å²) >= 11 is 0. The topological polar surface area (TPSA) is 66.5 Å². The number of carbonyl (C=O) groups is 3. The van der Waals surface area contributed by atoms with E-state index < -0.39 is 0 Å². The SMILES string of the molecule is O=C(CCCN1C(=O)c2cccc3cccc(c23)C1=O)Nc1cccc2ccccc12. The molecule has 0 saturated carbocycles. The van der Waals surface area contributed by atoms with Gasteiger partial charge in [-0.05, 0) is 35.4 Å². The maximum atomic E-state index is 12.9. The lowest BCUT2D eigenvalue weighted by Gasteiger charge is -2.27. The van der Waals surface area contributed by atoms with Crippen LogP contribution in [0.2, 0.25) is 0 Å². The van der Waals surface area contributed by atoms with E-state index in [-0.39, 0.29) is 30.7 Å². The van der Waals surface area contributed by atoms with Crippen LogP contribution in [-0.4, -0.2) is 29.2 Å². The van der Waals surface area contributed by atoms with Gasteiger partial charge in [0.25, 0.3) is 11.8 Å². The van der Waals surface area contributed by atoms with Crippen LogP contribution in [0.1, 0.15) is 33.6 Å². The number of hydrogen-bond donors (Lipinski definition) is 1. The number of rotatable bonds is 5. The van der Waals surface area contributed by atoms with Crippen LogP contribution in [0.5, 0.6) is 0 Å². The molecule has 0 aliphatic carbocycles. The minimum Gasteiger partial charge on any atom is -0.326 e. The largest absolute Gasteiger partial charge is 0.326 e. The van der Waals surface area contributed by atoms with Gasteiger partial charge in [0.1, 0.15) is 0 Å². The van der Waals surface area contributed by atoms with Gasteiger partial charge < -0.3 is 5.32 Å². The van der Waals surface area contributed by atoms with E-state index >= 15 is 0 Å². The van der Waals surface area contributed by atoms with Gasteiger partial charge in [0, 0.05) is 40.6 Å². The zero-order valence-corrected chi connectivity index (χ0v) is 16.8. The van der Waals surface area contributed by atoms with Crippen molar-refractivity contribution in [2.45, 2.75) is 12.8 Å². The fourth-order valence-electron chi connectivity index (χ4n) is 4.23. The molecule has 0 atom stereocenters. The molecule has 5 rings (SSSR count). The van der Waals surface area contributed by atoms with Crippen molar-refractivity contribution in [3.05, 3.63) is 90.0 Å². The normalized spacial score (nSPS) is 13.1. The summed E-state index contributed by atoms with van der Waals surface area (Å²) in [5.74, 6) is -0.747. The van der Waals surface area contributed by atoms with Crippen LogP contribution < -0.4 is 5.32 Å². The first-order chi connectivity index (χ1) is 15.1. The number of amides is 3. The second-order valence-electron chi connectivity index (χ2n) is 7.65. The number of anilines is 1. The fourth-order valence-corrected chi connectivity index (χ4v) is 4.23. The fraction of sp³-hybridized carbons (Fsp3) is 0.115. The molecule has 152 valence electrons. The maximum Gasteiger partial charge on any atom is 0.261 e. The molecule has 1 aliphatic heterocycles. The van der Waals surface area contributed by atoms with Gasteiger partial charge in [-0.25, -0.2) is 0 Å². The van der Waals surface area contributed by atoms with Gasteiger partial charge in [-0.15, -0.1) is 0 Å². The van der Waals surface area contributed by atoms with Crippen molar-refractivity contribution < 1.29 is 14.4 Å². The highest BCUT2D eigenvalue weighted by Gasteiger charge is 2.32. The molecule has 1 aliphatic rings. The third kappa shape index (κ3) is 3.34. The molecule has 0 saturated heterocycles. The Kier molecular flexibility index (Phi) is 4.71. The Morgan fingerprint density at radius 3 is 2.10 bits per heavy atom. The number of nitrogens with zero attached hydrogens (tertiary/aromatic N) is 1. The Morgan fingerprint density at radius 1 is 0.742 bits per heavy atom. The Labute approximate surface area is 179 Å². The zero-order valence-electron chi connectivity index (χ0n) is 16.8. The second-order valence-corrected chi connectivity index (χ2v) is 7.65. The minimum absolute atomic E-state index is 0.143.